The fourth-order valence-electron chi connectivity index (χ4n) is 5.90. The van der Waals surface area contributed by atoms with Crippen LogP contribution >= 0.6 is 0 Å². The number of hydrogen-bond donors (Lipinski definition) is 3. The molecule has 8 nitrogen and oxygen atoms in total. The quantitative estimate of drug-likeness (QED) is 0.502. The maximum absolute atomic E-state index is 14.5. The first-order valence-corrected chi connectivity index (χ1v) is 14.3. The second-order valence-electron chi connectivity index (χ2n) is 12.2. The van der Waals surface area contributed by atoms with E-state index in [0.29, 0.717) is 24.2 Å². The third-order valence-corrected chi connectivity index (χ3v) is 8.31. The Hall–Kier alpha value is -2.81. The molecule has 3 N–H and O–H groups in total. The Morgan fingerprint density at radius 2 is 1.79 bits per heavy atom. The SMILES string of the molecule is CNC1CC(C(=O)N(c2ccc(C(C)(C)C)cc2)C(C(=O)NC2CCCCC2)c2cccnc2)N(C)C[C@@H]1O. The molecule has 1 aromatic heterocycles. The number of hydrogen-bond acceptors (Lipinski definition) is 6. The van der Waals surface area contributed by atoms with Crippen LogP contribution < -0.4 is 15.5 Å². The number of nitrogens with zero attached hydrogens (tertiary/aromatic N) is 3. The van der Waals surface area contributed by atoms with Crippen molar-refractivity contribution in [3.63, 3.8) is 0 Å². The van der Waals surface area contributed by atoms with Gasteiger partial charge in [0.25, 0.3) is 0 Å². The van der Waals surface area contributed by atoms with Gasteiger partial charge >= 0.3 is 0 Å². The van der Waals surface area contributed by atoms with Crippen molar-refractivity contribution in [3.05, 3.63) is 59.9 Å². The summed E-state index contributed by atoms with van der Waals surface area (Å²) in [5.41, 5.74) is 2.44. The number of carbonyl (C=O) groups is 2. The number of rotatable bonds is 7. The molecule has 2 amide bonds. The maximum Gasteiger partial charge on any atom is 0.248 e. The summed E-state index contributed by atoms with van der Waals surface area (Å²) in [6.45, 7) is 6.83. The van der Waals surface area contributed by atoms with E-state index in [1.165, 1.54) is 6.42 Å². The molecular weight excluding hydrogens is 490 g/mol. The van der Waals surface area contributed by atoms with Gasteiger partial charge in [-0.25, -0.2) is 0 Å². The summed E-state index contributed by atoms with van der Waals surface area (Å²) in [5.74, 6) is -0.354. The van der Waals surface area contributed by atoms with Crippen LogP contribution in [-0.2, 0) is 15.0 Å². The summed E-state index contributed by atoms with van der Waals surface area (Å²) in [4.78, 5) is 36.5. The number of likely N-dealkylation sites (N-methyl/N-ethyl adjacent to an activating group) is 2. The van der Waals surface area contributed by atoms with Crippen molar-refractivity contribution >= 4 is 17.5 Å². The Labute approximate surface area is 233 Å². The van der Waals surface area contributed by atoms with Crippen molar-refractivity contribution in [2.45, 2.75) is 95.0 Å². The van der Waals surface area contributed by atoms with Gasteiger partial charge in [0.05, 0.1) is 12.1 Å². The Morgan fingerprint density at radius 1 is 1.10 bits per heavy atom. The summed E-state index contributed by atoms with van der Waals surface area (Å²) in [6, 6.07) is 10.2. The molecule has 0 bridgehead atoms. The zero-order chi connectivity index (χ0) is 28.2. The minimum atomic E-state index is -0.873. The van der Waals surface area contributed by atoms with Crippen LogP contribution in [0, 0.1) is 0 Å². The van der Waals surface area contributed by atoms with Crippen molar-refractivity contribution in [3.8, 4) is 0 Å². The van der Waals surface area contributed by atoms with E-state index in [1.54, 1.807) is 24.3 Å². The van der Waals surface area contributed by atoms with Gasteiger partial charge < -0.3 is 15.7 Å². The normalized spacial score (nSPS) is 23.7. The molecule has 4 rings (SSSR count). The van der Waals surface area contributed by atoms with E-state index in [-0.39, 0.29) is 29.3 Å². The molecule has 2 aromatic rings. The Bertz CT molecular complexity index is 1100. The molecule has 3 unspecified atom stereocenters. The molecular formula is C31H45N5O3. The van der Waals surface area contributed by atoms with Crippen LogP contribution in [-0.4, -0.2) is 71.7 Å². The minimum absolute atomic E-state index is 0.0474. The molecule has 0 spiro atoms. The first-order chi connectivity index (χ1) is 18.6. The summed E-state index contributed by atoms with van der Waals surface area (Å²) in [7, 11) is 3.67. The van der Waals surface area contributed by atoms with Crippen molar-refractivity contribution in [1.29, 1.82) is 0 Å². The summed E-state index contributed by atoms with van der Waals surface area (Å²) in [6.07, 6.45) is 8.51. The monoisotopic (exact) mass is 535 g/mol. The van der Waals surface area contributed by atoms with Crippen molar-refractivity contribution in [2.75, 3.05) is 25.5 Å². The van der Waals surface area contributed by atoms with E-state index in [4.69, 9.17) is 0 Å². The summed E-state index contributed by atoms with van der Waals surface area (Å²) >= 11 is 0. The number of β-amino-alcohol motifs (C(OH)–C–C–N with tert-alkyl or cyclic N) is 1. The van der Waals surface area contributed by atoms with Gasteiger partial charge in [-0.1, -0.05) is 58.2 Å². The third kappa shape index (κ3) is 6.86. The van der Waals surface area contributed by atoms with Crippen molar-refractivity contribution in [2.24, 2.45) is 0 Å². The zero-order valence-corrected chi connectivity index (χ0v) is 24.1. The highest BCUT2D eigenvalue weighted by Crippen LogP contribution is 2.33. The summed E-state index contributed by atoms with van der Waals surface area (Å²) in [5, 5.41) is 17.0. The highest BCUT2D eigenvalue weighted by molar-refractivity contribution is 6.03. The Morgan fingerprint density at radius 3 is 2.38 bits per heavy atom. The van der Waals surface area contributed by atoms with Crippen LogP contribution in [0.3, 0.4) is 0 Å². The van der Waals surface area contributed by atoms with E-state index < -0.39 is 18.2 Å². The molecule has 212 valence electrons. The largest absolute Gasteiger partial charge is 0.390 e. The number of aliphatic hydroxyl groups excluding tert-OH is 1. The van der Waals surface area contributed by atoms with Crippen molar-refractivity contribution in [1.82, 2.24) is 20.5 Å². The molecule has 1 aliphatic carbocycles. The Kier molecular flexibility index (Phi) is 9.41. The lowest BCUT2D eigenvalue weighted by atomic mass is 9.87. The van der Waals surface area contributed by atoms with E-state index >= 15 is 0 Å². The topological polar surface area (TPSA) is 97.8 Å². The van der Waals surface area contributed by atoms with Gasteiger partial charge in [-0.3, -0.25) is 24.4 Å². The number of benzene rings is 1. The molecule has 2 aliphatic rings. The second-order valence-corrected chi connectivity index (χ2v) is 12.2. The van der Waals surface area contributed by atoms with Crippen LogP contribution in [0.2, 0.25) is 0 Å². The number of carbonyl (C=O) groups excluding carboxylic acids is 2. The smallest absolute Gasteiger partial charge is 0.248 e. The number of aliphatic hydroxyl groups is 1. The lowest BCUT2D eigenvalue weighted by molar-refractivity contribution is -0.131. The third-order valence-electron chi connectivity index (χ3n) is 8.31. The molecule has 4 atom stereocenters. The highest BCUT2D eigenvalue weighted by atomic mass is 16.3. The first-order valence-electron chi connectivity index (χ1n) is 14.3. The Balaban J connectivity index is 1.78. The lowest BCUT2D eigenvalue weighted by Crippen LogP contribution is -2.61. The van der Waals surface area contributed by atoms with E-state index in [1.807, 2.05) is 48.3 Å². The van der Waals surface area contributed by atoms with E-state index in [9.17, 15) is 14.7 Å². The van der Waals surface area contributed by atoms with Gasteiger partial charge in [0.15, 0.2) is 0 Å². The molecule has 39 heavy (non-hydrogen) atoms. The fraction of sp³-hybridized carbons (Fsp3) is 0.581. The predicted octanol–water partition coefficient (Wildman–Crippen LogP) is 3.56. The van der Waals surface area contributed by atoms with Crippen molar-refractivity contribution < 1.29 is 14.7 Å². The molecule has 1 aliphatic heterocycles. The first kappa shape index (κ1) is 29.2. The average Bonchev–Trinajstić information content (AvgIpc) is 2.92. The van der Waals surface area contributed by atoms with Gasteiger partial charge in [-0.15, -0.1) is 0 Å². The number of piperidine rings is 1. The number of anilines is 1. The van der Waals surface area contributed by atoms with Gasteiger partial charge in [0, 0.05) is 42.3 Å². The minimum Gasteiger partial charge on any atom is -0.390 e. The van der Waals surface area contributed by atoms with Crippen LogP contribution in [0.4, 0.5) is 5.69 Å². The summed E-state index contributed by atoms with van der Waals surface area (Å²) < 4.78 is 0. The molecule has 1 saturated heterocycles. The van der Waals surface area contributed by atoms with E-state index in [0.717, 1.165) is 31.2 Å². The van der Waals surface area contributed by atoms with Gasteiger partial charge in [-0.05, 0) is 62.5 Å². The number of aromatic nitrogens is 1. The zero-order valence-electron chi connectivity index (χ0n) is 24.1. The van der Waals surface area contributed by atoms with E-state index in [2.05, 4.69) is 36.4 Å². The number of pyridine rings is 1. The second kappa shape index (κ2) is 12.6. The highest BCUT2D eigenvalue weighted by Gasteiger charge is 2.42. The molecule has 2 heterocycles. The standard InChI is InChI=1S/C31H45N5O3/c1-31(2,3)22-13-15-24(16-14-22)36(30(39)26-18-25(32-4)27(37)20-35(26)5)28(21-10-9-17-33-19-21)29(38)34-23-11-7-6-8-12-23/h9-10,13-17,19,23,25-28,32,37H,6-8,11-12,18,20H2,1-5H3,(H,34,38)/t25?,26?,27-,28?/m0/s1. The average molecular weight is 536 g/mol. The number of nitrogens with one attached hydrogen (secondary N) is 2. The molecule has 0 radical (unpaired) electrons. The van der Waals surface area contributed by atoms with Crippen LogP contribution in [0.25, 0.3) is 0 Å². The molecule has 8 heteroatoms. The van der Waals surface area contributed by atoms with Gasteiger partial charge in [0.1, 0.15) is 6.04 Å². The molecule has 2 fully saturated rings. The number of likely N-dealkylation sites (tertiary alicyclic amines) is 1. The van der Waals surface area contributed by atoms with Crippen LogP contribution in [0.5, 0.6) is 0 Å². The van der Waals surface area contributed by atoms with Gasteiger partial charge in [0.2, 0.25) is 11.8 Å². The maximum atomic E-state index is 14.5. The van der Waals surface area contributed by atoms with Gasteiger partial charge in [-0.2, -0.15) is 0 Å². The molecule has 1 aromatic carbocycles. The van der Waals surface area contributed by atoms with Crippen LogP contribution in [0.1, 0.15) is 76.5 Å². The molecule has 1 saturated carbocycles. The lowest BCUT2D eigenvalue weighted by Gasteiger charge is -2.43. The predicted molar refractivity (Wildman–Crippen MR) is 155 cm³/mol. The van der Waals surface area contributed by atoms with Crippen LogP contribution in [0.15, 0.2) is 48.8 Å². The fourth-order valence-corrected chi connectivity index (χ4v) is 5.90. The number of amides is 2.